The van der Waals surface area contributed by atoms with Crippen LogP contribution in [0.2, 0.25) is 0 Å². The molecule has 0 heterocycles. The number of benzene rings is 1. The third-order valence-corrected chi connectivity index (χ3v) is 4.00. The van der Waals surface area contributed by atoms with Crippen LogP contribution < -0.4 is 11.1 Å². The molecule has 3 nitrogen and oxygen atoms in total. The van der Waals surface area contributed by atoms with Gasteiger partial charge in [-0.15, -0.1) is 0 Å². The molecule has 1 aromatic carbocycles. The molecule has 3 heteroatoms. The Hall–Kier alpha value is -1.79. The molecule has 3 N–H and O–H groups in total. The highest BCUT2D eigenvalue weighted by atomic mass is 16.1. The van der Waals surface area contributed by atoms with Crippen molar-refractivity contribution in [3.63, 3.8) is 0 Å². The normalized spacial score (nSPS) is 24.8. The number of hydrogen-bond donors (Lipinski definition) is 2. The SMILES string of the molecule is CC1CC(C)CC(NC(=O)c2ccc(C#CCN)cc2)C1. The lowest BCUT2D eigenvalue weighted by Crippen LogP contribution is -2.40. The summed E-state index contributed by atoms with van der Waals surface area (Å²) in [5.74, 6) is 7.15. The molecular formula is C18H24N2O. The lowest BCUT2D eigenvalue weighted by atomic mass is 9.80. The number of hydrogen-bond acceptors (Lipinski definition) is 2. The van der Waals surface area contributed by atoms with Gasteiger partial charge in [0.1, 0.15) is 0 Å². The quantitative estimate of drug-likeness (QED) is 0.820. The van der Waals surface area contributed by atoms with Gasteiger partial charge in [0, 0.05) is 17.2 Å². The maximum atomic E-state index is 12.3. The van der Waals surface area contributed by atoms with Gasteiger partial charge in [-0.1, -0.05) is 25.7 Å². The molecule has 21 heavy (non-hydrogen) atoms. The molecule has 1 fully saturated rings. The zero-order valence-corrected chi connectivity index (χ0v) is 12.9. The van der Waals surface area contributed by atoms with Gasteiger partial charge in [-0.3, -0.25) is 4.79 Å². The van der Waals surface area contributed by atoms with Crippen molar-refractivity contribution in [2.45, 2.75) is 39.2 Å². The summed E-state index contributed by atoms with van der Waals surface area (Å²) in [5, 5.41) is 3.16. The van der Waals surface area contributed by atoms with Gasteiger partial charge in [-0.05, 0) is 55.4 Å². The first-order chi connectivity index (χ1) is 10.1. The van der Waals surface area contributed by atoms with E-state index < -0.39 is 0 Å². The first kappa shape index (κ1) is 15.6. The predicted molar refractivity (Wildman–Crippen MR) is 85.8 cm³/mol. The molecule has 2 rings (SSSR count). The van der Waals surface area contributed by atoms with Gasteiger partial charge in [0.15, 0.2) is 0 Å². The van der Waals surface area contributed by atoms with Crippen LogP contribution >= 0.6 is 0 Å². The second-order valence-corrected chi connectivity index (χ2v) is 6.17. The molecule has 1 amide bonds. The molecule has 1 aliphatic rings. The van der Waals surface area contributed by atoms with Crippen molar-refractivity contribution in [2.24, 2.45) is 17.6 Å². The number of carbonyl (C=O) groups is 1. The fraction of sp³-hybridized carbons (Fsp3) is 0.500. The van der Waals surface area contributed by atoms with Crippen molar-refractivity contribution in [3.05, 3.63) is 35.4 Å². The Labute approximate surface area is 127 Å². The van der Waals surface area contributed by atoms with Crippen molar-refractivity contribution in [1.82, 2.24) is 5.32 Å². The summed E-state index contributed by atoms with van der Waals surface area (Å²) >= 11 is 0. The molecule has 0 radical (unpaired) electrons. The zero-order chi connectivity index (χ0) is 15.2. The standard InChI is InChI=1S/C18H24N2O/c1-13-10-14(2)12-17(11-13)20-18(21)16-7-5-15(6-8-16)4-3-9-19/h5-8,13-14,17H,9-12,19H2,1-2H3,(H,20,21). The summed E-state index contributed by atoms with van der Waals surface area (Å²) in [7, 11) is 0. The average Bonchev–Trinajstić information content (AvgIpc) is 2.44. The molecule has 0 bridgehead atoms. The number of carbonyl (C=O) groups excluding carboxylic acids is 1. The van der Waals surface area contributed by atoms with Crippen molar-refractivity contribution < 1.29 is 4.79 Å². The summed E-state index contributed by atoms with van der Waals surface area (Å²) in [6.07, 6.45) is 3.42. The molecule has 1 aromatic rings. The lowest BCUT2D eigenvalue weighted by Gasteiger charge is -2.31. The van der Waals surface area contributed by atoms with Gasteiger partial charge >= 0.3 is 0 Å². The Morgan fingerprint density at radius 3 is 2.38 bits per heavy atom. The van der Waals surface area contributed by atoms with Crippen molar-refractivity contribution >= 4 is 5.91 Å². The molecule has 0 aliphatic heterocycles. The van der Waals surface area contributed by atoms with E-state index in [1.165, 1.54) is 6.42 Å². The number of nitrogens with two attached hydrogens (primary N) is 1. The highest BCUT2D eigenvalue weighted by Gasteiger charge is 2.25. The Bertz CT molecular complexity index is 529. The number of nitrogens with one attached hydrogen (secondary N) is 1. The monoisotopic (exact) mass is 284 g/mol. The summed E-state index contributed by atoms with van der Waals surface area (Å²) in [4.78, 5) is 12.3. The Kier molecular flexibility index (Phi) is 5.41. The summed E-state index contributed by atoms with van der Waals surface area (Å²) in [5.41, 5.74) is 6.92. The Morgan fingerprint density at radius 2 is 1.81 bits per heavy atom. The Morgan fingerprint density at radius 1 is 1.19 bits per heavy atom. The third-order valence-electron chi connectivity index (χ3n) is 4.00. The van der Waals surface area contributed by atoms with Crippen LogP contribution in [0.15, 0.2) is 24.3 Å². The summed E-state index contributed by atoms with van der Waals surface area (Å²) < 4.78 is 0. The predicted octanol–water partition coefficient (Wildman–Crippen LogP) is 2.55. The van der Waals surface area contributed by atoms with E-state index in [0.717, 1.165) is 18.4 Å². The maximum Gasteiger partial charge on any atom is 0.251 e. The van der Waals surface area contributed by atoms with E-state index in [-0.39, 0.29) is 5.91 Å². The van der Waals surface area contributed by atoms with Crippen molar-refractivity contribution in [1.29, 1.82) is 0 Å². The number of amides is 1. The van der Waals surface area contributed by atoms with Crippen LogP contribution in [0.4, 0.5) is 0 Å². The van der Waals surface area contributed by atoms with Gasteiger partial charge in [0.05, 0.1) is 6.54 Å². The van der Waals surface area contributed by atoms with Gasteiger partial charge in [-0.25, -0.2) is 0 Å². The molecule has 1 saturated carbocycles. The van der Waals surface area contributed by atoms with Crippen LogP contribution in [-0.2, 0) is 0 Å². The molecule has 2 atom stereocenters. The van der Waals surface area contributed by atoms with Crippen molar-refractivity contribution in [2.75, 3.05) is 6.54 Å². The van der Waals surface area contributed by atoms with Crippen molar-refractivity contribution in [3.8, 4) is 11.8 Å². The highest BCUT2D eigenvalue weighted by molar-refractivity contribution is 5.94. The summed E-state index contributed by atoms with van der Waals surface area (Å²) in [6.45, 7) is 4.87. The molecular weight excluding hydrogens is 260 g/mol. The highest BCUT2D eigenvalue weighted by Crippen LogP contribution is 2.28. The molecule has 1 aliphatic carbocycles. The minimum Gasteiger partial charge on any atom is -0.349 e. The topological polar surface area (TPSA) is 55.1 Å². The van der Waals surface area contributed by atoms with Crippen LogP contribution in [0.1, 0.15) is 49.0 Å². The van der Waals surface area contributed by atoms with Gasteiger partial charge in [0.2, 0.25) is 0 Å². The summed E-state index contributed by atoms with van der Waals surface area (Å²) in [6, 6.07) is 7.68. The molecule has 2 unspecified atom stereocenters. The van der Waals surface area contributed by atoms with Crippen LogP contribution in [0.3, 0.4) is 0 Å². The van der Waals surface area contributed by atoms with E-state index in [1.807, 2.05) is 24.3 Å². The Balaban J connectivity index is 1.96. The first-order valence-electron chi connectivity index (χ1n) is 7.68. The van der Waals surface area contributed by atoms with Gasteiger partial charge < -0.3 is 11.1 Å². The fourth-order valence-electron chi connectivity index (χ4n) is 3.19. The van der Waals surface area contributed by atoms with Crippen LogP contribution in [0.5, 0.6) is 0 Å². The second-order valence-electron chi connectivity index (χ2n) is 6.17. The maximum absolute atomic E-state index is 12.3. The van der Waals surface area contributed by atoms with E-state index in [1.54, 1.807) is 0 Å². The molecule has 112 valence electrons. The first-order valence-corrected chi connectivity index (χ1v) is 7.68. The minimum atomic E-state index is 0.0136. The van der Waals surface area contributed by atoms with E-state index in [4.69, 9.17) is 5.73 Å². The van der Waals surface area contributed by atoms with E-state index in [0.29, 0.717) is 30.0 Å². The van der Waals surface area contributed by atoms with Crippen LogP contribution in [0.25, 0.3) is 0 Å². The molecule has 0 aromatic heterocycles. The van der Waals surface area contributed by atoms with Gasteiger partial charge in [-0.2, -0.15) is 0 Å². The van der Waals surface area contributed by atoms with Crippen LogP contribution in [0, 0.1) is 23.7 Å². The zero-order valence-electron chi connectivity index (χ0n) is 12.9. The van der Waals surface area contributed by atoms with Crippen LogP contribution in [-0.4, -0.2) is 18.5 Å². The third kappa shape index (κ3) is 4.61. The van der Waals surface area contributed by atoms with Gasteiger partial charge in [0.25, 0.3) is 5.91 Å². The fourth-order valence-corrected chi connectivity index (χ4v) is 3.19. The van der Waals surface area contributed by atoms with E-state index in [2.05, 4.69) is 31.0 Å². The van der Waals surface area contributed by atoms with E-state index >= 15 is 0 Å². The largest absolute Gasteiger partial charge is 0.349 e. The minimum absolute atomic E-state index is 0.0136. The average molecular weight is 284 g/mol. The molecule has 0 spiro atoms. The van der Waals surface area contributed by atoms with E-state index in [9.17, 15) is 4.79 Å². The lowest BCUT2D eigenvalue weighted by molar-refractivity contribution is 0.0911. The number of rotatable bonds is 2. The second kappa shape index (κ2) is 7.28. The molecule has 0 saturated heterocycles. The smallest absolute Gasteiger partial charge is 0.251 e.